The Labute approximate surface area is 38.6 Å². The number of rotatable bonds is 1. The summed E-state index contributed by atoms with van der Waals surface area (Å²) in [6.07, 6.45) is 1.21. The lowest BCUT2D eigenvalue weighted by molar-refractivity contribution is -0.367. The molecule has 0 atom stereocenters. The molecule has 0 amide bonds. The van der Waals surface area contributed by atoms with Gasteiger partial charge in [-0.3, -0.25) is 0 Å². The van der Waals surface area contributed by atoms with Crippen molar-refractivity contribution in [3.63, 3.8) is 0 Å². The lowest BCUT2D eigenvalue weighted by Crippen LogP contribution is -2.49. The lowest BCUT2D eigenvalue weighted by atomic mass is 10.5. The SMILES string of the molecule is CCC[NH3+].[C-]#N. The molecule has 0 aliphatic rings. The van der Waals surface area contributed by atoms with Crippen LogP contribution in [0.25, 0.3) is 0 Å². The molecule has 2 heteroatoms. The number of hydrogen-bond donors (Lipinski definition) is 1. The van der Waals surface area contributed by atoms with Gasteiger partial charge < -0.3 is 17.6 Å². The highest BCUT2D eigenvalue weighted by atomic mass is 14.5. The maximum Gasteiger partial charge on any atom is 0.0737 e. The Balaban J connectivity index is 0. The molecule has 3 N–H and O–H groups in total. The summed E-state index contributed by atoms with van der Waals surface area (Å²) in [6.45, 7) is 7.94. The van der Waals surface area contributed by atoms with Gasteiger partial charge in [-0.1, -0.05) is 6.92 Å². The molecule has 0 heterocycles. The van der Waals surface area contributed by atoms with Crippen molar-refractivity contribution in [2.45, 2.75) is 13.3 Å². The van der Waals surface area contributed by atoms with E-state index in [9.17, 15) is 0 Å². The van der Waals surface area contributed by atoms with E-state index in [2.05, 4.69) is 12.7 Å². The molecule has 0 aliphatic carbocycles. The van der Waals surface area contributed by atoms with Crippen molar-refractivity contribution in [3.8, 4) is 0 Å². The van der Waals surface area contributed by atoms with Gasteiger partial charge in [0.05, 0.1) is 6.54 Å². The van der Waals surface area contributed by atoms with Crippen LogP contribution in [-0.2, 0) is 0 Å². The molecule has 2 nitrogen and oxygen atoms in total. The zero-order valence-electron chi connectivity index (χ0n) is 4.07. The van der Waals surface area contributed by atoms with Crippen molar-refractivity contribution in [1.29, 1.82) is 5.26 Å². The van der Waals surface area contributed by atoms with Gasteiger partial charge in [-0.2, -0.15) is 0 Å². The highest BCUT2D eigenvalue weighted by Gasteiger charge is 1.59. The molecule has 0 rings (SSSR count). The normalized spacial score (nSPS) is 5.33. The van der Waals surface area contributed by atoms with Crippen molar-refractivity contribution in [1.82, 2.24) is 0 Å². The van der Waals surface area contributed by atoms with Crippen LogP contribution in [0, 0.1) is 11.8 Å². The second-order valence-electron chi connectivity index (χ2n) is 0.854. The summed E-state index contributed by atoms with van der Waals surface area (Å²) in [7, 11) is 0. The van der Waals surface area contributed by atoms with Crippen molar-refractivity contribution >= 4 is 0 Å². The second kappa shape index (κ2) is 25.2. The molecule has 0 aromatic rings. The third kappa shape index (κ3) is 102. The molecule has 0 unspecified atom stereocenters. The number of nitrogens with zero attached hydrogens (tertiary/aromatic N) is 1. The molecule has 0 bridgehead atoms. The Morgan fingerprint density at radius 2 is 1.83 bits per heavy atom. The fourth-order valence-electron chi connectivity index (χ4n) is 0. The summed E-state index contributed by atoms with van der Waals surface area (Å²) in [4.78, 5) is 0. The topological polar surface area (TPSA) is 51.4 Å². The molecular formula is C4H10N2. The van der Waals surface area contributed by atoms with E-state index < -0.39 is 0 Å². The molecule has 0 spiro atoms. The molecule has 6 heavy (non-hydrogen) atoms. The first-order chi connectivity index (χ1) is 2.91. The first kappa shape index (κ1) is 9.07. The van der Waals surface area contributed by atoms with Crippen LogP contribution in [-0.4, -0.2) is 6.54 Å². The molecular weight excluding hydrogens is 76.1 g/mol. The van der Waals surface area contributed by atoms with Gasteiger partial charge in [0.25, 0.3) is 0 Å². The van der Waals surface area contributed by atoms with Crippen LogP contribution in [0.1, 0.15) is 13.3 Å². The summed E-state index contributed by atoms with van der Waals surface area (Å²) in [5.74, 6) is 0. The minimum Gasteiger partial charge on any atom is -0.512 e. The Hall–Kier alpha value is -0.550. The molecule has 0 saturated heterocycles. The smallest absolute Gasteiger partial charge is 0.0737 e. The van der Waals surface area contributed by atoms with Crippen LogP contribution < -0.4 is 5.73 Å². The largest absolute Gasteiger partial charge is 0.512 e. The van der Waals surface area contributed by atoms with Gasteiger partial charge in [0.1, 0.15) is 0 Å². The Kier molecular flexibility index (Phi) is 38.1. The predicted octanol–water partition coefficient (Wildman–Crippen LogP) is -0.265. The minimum atomic E-state index is 1.07. The second-order valence-corrected chi connectivity index (χ2v) is 0.854. The van der Waals surface area contributed by atoms with Gasteiger partial charge in [-0.25, -0.2) is 0 Å². The van der Waals surface area contributed by atoms with Gasteiger partial charge in [0, 0.05) is 0 Å². The molecule has 0 aromatic carbocycles. The van der Waals surface area contributed by atoms with Gasteiger partial charge in [0.15, 0.2) is 0 Å². The Morgan fingerprint density at radius 3 is 1.83 bits per heavy atom. The highest BCUT2D eigenvalue weighted by Crippen LogP contribution is 1.54. The monoisotopic (exact) mass is 86.1 g/mol. The molecule has 0 aliphatic heterocycles. The van der Waals surface area contributed by atoms with Crippen LogP contribution >= 0.6 is 0 Å². The van der Waals surface area contributed by atoms with Crippen LogP contribution in [0.2, 0.25) is 0 Å². The van der Waals surface area contributed by atoms with Crippen LogP contribution in [0.5, 0.6) is 0 Å². The Bertz CT molecular complexity index is 22.0. The zero-order valence-corrected chi connectivity index (χ0v) is 4.07. The van der Waals surface area contributed by atoms with E-state index in [0.717, 1.165) is 6.54 Å². The van der Waals surface area contributed by atoms with E-state index in [1.807, 2.05) is 0 Å². The Morgan fingerprint density at radius 1 is 1.67 bits per heavy atom. The maximum atomic E-state index is 6.25. The van der Waals surface area contributed by atoms with Gasteiger partial charge in [0.2, 0.25) is 0 Å². The van der Waals surface area contributed by atoms with Gasteiger partial charge >= 0.3 is 0 Å². The van der Waals surface area contributed by atoms with E-state index in [0.29, 0.717) is 0 Å². The summed E-state index contributed by atoms with van der Waals surface area (Å²) in [6, 6.07) is 0. The summed E-state index contributed by atoms with van der Waals surface area (Å²) in [5, 5.41) is 6.25. The van der Waals surface area contributed by atoms with E-state index in [1.54, 1.807) is 0 Å². The average molecular weight is 86.1 g/mol. The minimum absolute atomic E-state index is 1.07. The molecule has 0 saturated carbocycles. The highest BCUT2D eigenvalue weighted by molar-refractivity contribution is 4.07. The van der Waals surface area contributed by atoms with Crippen molar-refractivity contribution in [2.75, 3.05) is 6.54 Å². The van der Waals surface area contributed by atoms with Crippen molar-refractivity contribution in [2.24, 2.45) is 0 Å². The molecule has 36 valence electrons. The number of hydrogen-bond acceptors (Lipinski definition) is 1. The summed E-state index contributed by atoms with van der Waals surface area (Å²) < 4.78 is 0. The molecule has 0 fully saturated rings. The molecule has 0 aromatic heterocycles. The van der Waals surface area contributed by atoms with Gasteiger partial charge in [-0.05, 0) is 6.42 Å². The average Bonchev–Trinajstić information content (AvgIpc) is 1.72. The van der Waals surface area contributed by atoms with Gasteiger partial charge in [-0.15, -0.1) is 0 Å². The third-order valence-electron chi connectivity index (χ3n) is 0.354. The first-order valence-electron chi connectivity index (χ1n) is 1.93. The van der Waals surface area contributed by atoms with E-state index in [1.165, 1.54) is 6.42 Å². The summed E-state index contributed by atoms with van der Waals surface area (Å²) >= 11 is 0. The zero-order chi connectivity index (χ0) is 5.41. The van der Waals surface area contributed by atoms with Crippen LogP contribution in [0.3, 0.4) is 0 Å². The fraction of sp³-hybridized carbons (Fsp3) is 0.750. The van der Waals surface area contributed by atoms with E-state index >= 15 is 0 Å². The van der Waals surface area contributed by atoms with E-state index in [4.69, 9.17) is 11.8 Å². The van der Waals surface area contributed by atoms with Crippen molar-refractivity contribution < 1.29 is 5.73 Å². The quantitative estimate of drug-likeness (QED) is 0.439. The van der Waals surface area contributed by atoms with E-state index in [-0.39, 0.29) is 0 Å². The fourth-order valence-corrected chi connectivity index (χ4v) is 0. The molecule has 0 radical (unpaired) electrons. The van der Waals surface area contributed by atoms with Crippen LogP contribution in [0.15, 0.2) is 0 Å². The van der Waals surface area contributed by atoms with Crippen molar-refractivity contribution in [3.05, 3.63) is 6.57 Å². The summed E-state index contributed by atoms with van der Waals surface area (Å²) in [5.41, 5.74) is 3.60. The third-order valence-corrected chi connectivity index (χ3v) is 0.354. The first-order valence-corrected chi connectivity index (χ1v) is 1.93. The lowest BCUT2D eigenvalue weighted by Gasteiger charge is -1.66. The van der Waals surface area contributed by atoms with Crippen LogP contribution in [0.4, 0.5) is 0 Å². The predicted molar refractivity (Wildman–Crippen MR) is 23.0 cm³/mol. The standard InChI is InChI=1S/C3H9N.CN/c1-2-3-4;1-2/h2-4H2,1H3;/q;-1/p+1. The maximum absolute atomic E-state index is 6.25. The number of quaternary nitrogens is 1.